The summed E-state index contributed by atoms with van der Waals surface area (Å²) in [6.07, 6.45) is 0.287. The number of benzene rings is 1. The molecule has 2 rings (SSSR count). The molecule has 39 heavy (non-hydrogen) atoms. The van der Waals surface area contributed by atoms with Gasteiger partial charge in [-0.15, -0.1) is 0 Å². The first-order valence-electron chi connectivity index (χ1n) is 13.1. The van der Waals surface area contributed by atoms with Crippen LogP contribution in [0.5, 0.6) is 5.75 Å². The molecule has 10 nitrogen and oxygen atoms in total. The van der Waals surface area contributed by atoms with Crippen molar-refractivity contribution in [2.75, 3.05) is 12.4 Å². The van der Waals surface area contributed by atoms with Gasteiger partial charge in [-0.2, -0.15) is 0 Å². The highest BCUT2D eigenvalue weighted by molar-refractivity contribution is 6.03. The first kappa shape index (κ1) is 32.0. The van der Waals surface area contributed by atoms with Gasteiger partial charge in [-0.3, -0.25) is 4.79 Å². The fourth-order valence-electron chi connectivity index (χ4n) is 4.97. The van der Waals surface area contributed by atoms with E-state index in [0.29, 0.717) is 40.7 Å². The van der Waals surface area contributed by atoms with Gasteiger partial charge >= 0.3 is 6.09 Å². The number of hydrogen-bond donors (Lipinski definition) is 5. The molecule has 1 aliphatic heterocycles. The first-order valence-corrected chi connectivity index (χ1v) is 13.1. The van der Waals surface area contributed by atoms with Gasteiger partial charge in [-0.25, -0.2) is 4.79 Å². The predicted octanol–water partition coefficient (Wildman–Crippen LogP) is 3.68. The van der Waals surface area contributed by atoms with Crippen molar-refractivity contribution in [3.63, 3.8) is 0 Å². The number of hydrogen-bond acceptors (Lipinski definition) is 8. The molecular weight excluding hydrogens is 504 g/mol. The van der Waals surface area contributed by atoms with Crippen molar-refractivity contribution in [3.8, 4) is 5.75 Å². The number of rotatable bonds is 3. The lowest BCUT2D eigenvalue weighted by molar-refractivity contribution is -0.114. The van der Waals surface area contributed by atoms with Crippen LogP contribution < -0.4 is 11.1 Å². The van der Waals surface area contributed by atoms with E-state index in [1.54, 1.807) is 52.8 Å². The van der Waals surface area contributed by atoms with Gasteiger partial charge in [0.1, 0.15) is 18.1 Å². The Hall–Kier alpha value is -3.21. The number of phenolic OH excluding ortho intramolecular Hbond substituents is 1. The van der Waals surface area contributed by atoms with E-state index in [2.05, 4.69) is 5.32 Å². The van der Waals surface area contributed by atoms with Crippen LogP contribution in [0, 0.1) is 24.7 Å². The molecule has 0 spiro atoms. The van der Waals surface area contributed by atoms with E-state index < -0.39 is 54.2 Å². The van der Waals surface area contributed by atoms with E-state index in [1.165, 1.54) is 13.2 Å². The summed E-state index contributed by atoms with van der Waals surface area (Å²) in [5.74, 6) is -2.10. The fraction of sp³-hybridized carbons (Fsp3) is 0.552. The summed E-state index contributed by atoms with van der Waals surface area (Å²) in [6, 6.07) is 3.03. The number of aldehydes is 1. The number of aliphatic hydroxyl groups is 2. The number of ether oxygens (including phenoxy) is 2. The molecule has 0 aromatic heterocycles. The van der Waals surface area contributed by atoms with Crippen LogP contribution in [0.4, 0.5) is 10.5 Å². The van der Waals surface area contributed by atoms with Crippen molar-refractivity contribution >= 4 is 24.0 Å². The molecule has 0 aliphatic carbocycles. The van der Waals surface area contributed by atoms with Crippen LogP contribution in [-0.2, 0) is 19.1 Å². The number of aliphatic hydroxyl groups excluding tert-OH is 2. The minimum atomic E-state index is -1.03. The van der Waals surface area contributed by atoms with Gasteiger partial charge in [-0.1, -0.05) is 26.0 Å². The summed E-state index contributed by atoms with van der Waals surface area (Å²) < 4.78 is 10.9. The zero-order chi connectivity index (χ0) is 29.4. The van der Waals surface area contributed by atoms with E-state index in [9.17, 15) is 29.7 Å². The Labute approximate surface area is 229 Å². The number of fused-ring (bicyclic) bond motifs is 2. The zero-order valence-electron chi connectivity index (χ0n) is 23.5. The normalized spacial score (nSPS) is 32.2. The Morgan fingerprint density at radius 1 is 1.18 bits per heavy atom. The number of aromatic hydroxyl groups is 1. The number of allylic oxidation sites excluding steroid dienone is 1. The van der Waals surface area contributed by atoms with E-state index in [4.69, 9.17) is 15.2 Å². The first-order chi connectivity index (χ1) is 18.3. The van der Waals surface area contributed by atoms with Gasteiger partial charge in [0.25, 0.3) is 5.91 Å². The molecule has 6 N–H and O–H groups in total. The van der Waals surface area contributed by atoms with Crippen molar-refractivity contribution in [3.05, 3.63) is 46.6 Å². The maximum absolute atomic E-state index is 12.8. The average Bonchev–Trinajstić information content (AvgIpc) is 2.88. The Morgan fingerprint density at radius 3 is 2.44 bits per heavy atom. The van der Waals surface area contributed by atoms with Crippen molar-refractivity contribution < 1.29 is 39.2 Å². The Kier molecular flexibility index (Phi) is 11.7. The summed E-state index contributed by atoms with van der Waals surface area (Å²) in [4.78, 5) is 36.5. The van der Waals surface area contributed by atoms with E-state index in [-0.39, 0.29) is 18.6 Å². The van der Waals surface area contributed by atoms with Gasteiger partial charge in [-0.05, 0) is 68.7 Å². The van der Waals surface area contributed by atoms with Gasteiger partial charge < -0.3 is 40.6 Å². The maximum Gasteiger partial charge on any atom is 0.405 e. The molecular formula is C29H42N2O8. The standard InChI is InChI=1S/C29H42N2O8/c1-15-8-7-9-20(14-32)27(39-29(30)37)18(4)10-16(2)26(35)24(38-6)11-17(3)25(34)22-12-21(31-28(15)36)13-23(33)19(22)5/h8,10,12-14,16-17,20,24-27,33-35H,7,9,11H2,1-6H3,(H2,30,37)(H,31,36)/b15-8+,18-10+/t16-,17-,20+,24-,25+,26+,27-/m0/s1. The molecule has 10 heteroatoms. The number of amides is 2. The molecule has 2 bridgehead atoms. The van der Waals surface area contributed by atoms with Crippen LogP contribution in [0.1, 0.15) is 64.2 Å². The van der Waals surface area contributed by atoms with Gasteiger partial charge in [0.2, 0.25) is 0 Å². The molecule has 1 aromatic carbocycles. The van der Waals surface area contributed by atoms with Gasteiger partial charge in [0.05, 0.1) is 24.2 Å². The summed E-state index contributed by atoms with van der Waals surface area (Å²) >= 11 is 0. The largest absolute Gasteiger partial charge is 0.508 e. The van der Waals surface area contributed by atoms with E-state index >= 15 is 0 Å². The van der Waals surface area contributed by atoms with Crippen LogP contribution in [0.25, 0.3) is 0 Å². The van der Waals surface area contributed by atoms with Crippen LogP contribution in [0.15, 0.2) is 35.4 Å². The number of anilines is 1. The maximum atomic E-state index is 12.8. The molecule has 2 amide bonds. The summed E-state index contributed by atoms with van der Waals surface area (Å²) in [6.45, 7) is 8.57. The third-order valence-corrected chi connectivity index (χ3v) is 7.45. The SMILES string of the molecule is CO[C@H]1C[C@H](C)[C@@H](O)c2cc(cc(O)c2C)NC(=O)/C(C)=C/CC[C@H](C=O)[C@@H](OC(N)=O)/C(C)=C/[C@H](C)[C@H]1O. The Morgan fingerprint density at radius 2 is 1.85 bits per heavy atom. The molecule has 0 saturated carbocycles. The molecule has 7 atom stereocenters. The molecule has 0 saturated heterocycles. The second-order valence-electron chi connectivity index (χ2n) is 10.5. The second-order valence-corrected chi connectivity index (χ2v) is 10.5. The van der Waals surface area contributed by atoms with Gasteiger partial charge in [0.15, 0.2) is 0 Å². The third-order valence-electron chi connectivity index (χ3n) is 7.45. The number of nitrogens with one attached hydrogen (secondary N) is 1. The van der Waals surface area contributed by atoms with Crippen LogP contribution >= 0.6 is 0 Å². The molecule has 0 unspecified atom stereocenters. The molecule has 216 valence electrons. The number of methoxy groups -OCH3 is 1. The lowest BCUT2D eigenvalue weighted by atomic mass is 9.85. The third kappa shape index (κ3) is 8.39. The highest BCUT2D eigenvalue weighted by atomic mass is 16.6. The molecule has 1 heterocycles. The highest BCUT2D eigenvalue weighted by Crippen LogP contribution is 2.36. The number of phenols is 1. The summed E-state index contributed by atoms with van der Waals surface area (Å²) in [5.41, 5.74) is 7.46. The molecule has 0 fully saturated rings. The summed E-state index contributed by atoms with van der Waals surface area (Å²) in [5, 5.41) is 35.6. The highest BCUT2D eigenvalue weighted by Gasteiger charge is 2.31. The lowest BCUT2D eigenvalue weighted by Gasteiger charge is -2.31. The van der Waals surface area contributed by atoms with Crippen LogP contribution in [0.3, 0.4) is 0 Å². The number of carbonyl (C=O) groups is 3. The summed E-state index contributed by atoms with van der Waals surface area (Å²) in [7, 11) is 1.47. The monoisotopic (exact) mass is 546 g/mol. The Balaban J connectivity index is 2.57. The van der Waals surface area contributed by atoms with Crippen molar-refractivity contribution in [1.29, 1.82) is 0 Å². The predicted molar refractivity (Wildman–Crippen MR) is 147 cm³/mol. The van der Waals surface area contributed by atoms with Crippen molar-refractivity contribution in [2.24, 2.45) is 23.5 Å². The van der Waals surface area contributed by atoms with E-state index in [1.807, 2.05) is 0 Å². The number of carbonyl (C=O) groups excluding carboxylic acids is 3. The van der Waals surface area contributed by atoms with E-state index in [0.717, 1.165) is 0 Å². The quantitative estimate of drug-likeness (QED) is 0.283. The molecule has 0 radical (unpaired) electrons. The zero-order valence-corrected chi connectivity index (χ0v) is 23.5. The number of nitrogens with two attached hydrogens (primary N) is 1. The van der Waals surface area contributed by atoms with Crippen molar-refractivity contribution in [1.82, 2.24) is 0 Å². The Bertz CT molecular complexity index is 1100. The average molecular weight is 547 g/mol. The topological polar surface area (TPSA) is 168 Å². The minimum absolute atomic E-state index is 0.0755. The fourth-order valence-corrected chi connectivity index (χ4v) is 4.97. The van der Waals surface area contributed by atoms with Crippen LogP contribution in [0.2, 0.25) is 0 Å². The molecule has 1 aliphatic rings. The van der Waals surface area contributed by atoms with Crippen LogP contribution in [-0.4, -0.2) is 59.0 Å². The lowest BCUT2D eigenvalue weighted by Crippen LogP contribution is -2.36. The number of primary amides is 1. The van der Waals surface area contributed by atoms with Crippen molar-refractivity contribution in [2.45, 2.75) is 78.3 Å². The minimum Gasteiger partial charge on any atom is -0.508 e. The second kappa shape index (κ2) is 14.3. The smallest absolute Gasteiger partial charge is 0.405 e. The molecule has 1 aromatic rings. The van der Waals surface area contributed by atoms with Gasteiger partial charge in [0, 0.05) is 30.4 Å².